The number of thiazole rings is 1. The number of carbonyl (C=O) groups excluding carboxylic acids is 2. The van der Waals surface area contributed by atoms with Crippen LogP contribution in [-0.4, -0.2) is 35.2 Å². The minimum atomic E-state index is -0.259. The number of carbonyl (C=O) groups is 2. The van der Waals surface area contributed by atoms with Crippen LogP contribution < -0.4 is 15.4 Å². The highest BCUT2D eigenvalue weighted by Crippen LogP contribution is 2.37. The van der Waals surface area contributed by atoms with E-state index in [1.165, 1.54) is 23.1 Å². The standard InChI is InChI=1S/C23H23N3O3S2/c1-15-6-5-9-18(12-15)29-13-19(27)25-22-21(16-7-3-2-4-8-16)26-23(31-22)30-14-20(28)24-17-10-11-17/h2-9,12,17H,10-11,13-14H2,1H3,(H,24,28)(H,25,27). The third-order valence-corrected chi connectivity index (χ3v) is 6.65. The highest BCUT2D eigenvalue weighted by Gasteiger charge is 2.23. The van der Waals surface area contributed by atoms with E-state index in [4.69, 9.17) is 4.74 Å². The highest BCUT2D eigenvalue weighted by atomic mass is 32.2. The van der Waals surface area contributed by atoms with Gasteiger partial charge in [-0.05, 0) is 37.5 Å². The summed E-state index contributed by atoms with van der Waals surface area (Å²) in [5.41, 5.74) is 2.67. The lowest BCUT2D eigenvalue weighted by Gasteiger charge is -2.08. The second kappa shape index (κ2) is 9.98. The van der Waals surface area contributed by atoms with Crippen LogP contribution in [0.3, 0.4) is 0 Å². The van der Waals surface area contributed by atoms with Gasteiger partial charge >= 0.3 is 0 Å². The first-order valence-electron chi connectivity index (χ1n) is 10.0. The first-order chi connectivity index (χ1) is 15.1. The van der Waals surface area contributed by atoms with Crippen LogP contribution in [0.2, 0.25) is 0 Å². The van der Waals surface area contributed by atoms with E-state index in [0.717, 1.165) is 28.3 Å². The Labute approximate surface area is 189 Å². The predicted molar refractivity (Wildman–Crippen MR) is 125 cm³/mol. The van der Waals surface area contributed by atoms with Crippen molar-refractivity contribution in [3.63, 3.8) is 0 Å². The molecule has 31 heavy (non-hydrogen) atoms. The van der Waals surface area contributed by atoms with Gasteiger partial charge in [0.25, 0.3) is 5.91 Å². The lowest BCUT2D eigenvalue weighted by atomic mass is 10.2. The zero-order chi connectivity index (χ0) is 21.6. The summed E-state index contributed by atoms with van der Waals surface area (Å²) in [5, 5.41) is 6.55. The number of rotatable bonds is 9. The second-order valence-electron chi connectivity index (χ2n) is 7.31. The number of anilines is 1. The number of hydrogen-bond donors (Lipinski definition) is 2. The molecule has 1 aromatic heterocycles. The monoisotopic (exact) mass is 453 g/mol. The van der Waals surface area contributed by atoms with E-state index < -0.39 is 0 Å². The van der Waals surface area contributed by atoms with Crippen molar-refractivity contribution >= 4 is 39.9 Å². The average Bonchev–Trinajstić information content (AvgIpc) is 3.49. The first kappa shape index (κ1) is 21.4. The number of aromatic nitrogens is 1. The van der Waals surface area contributed by atoms with Gasteiger partial charge in [-0.25, -0.2) is 4.98 Å². The average molecular weight is 454 g/mol. The molecule has 1 aliphatic carbocycles. The maximum Gasteiger partial charge on any atom is 0.262 e. The number of ether oxygens (including phenoxy) is 1. The number of benzene rings is 2. The Morgan fingerprint density at radius 2 is 1.94 bits per heavy atom. The molecular formula is C23H23N3O3S2. The van der Waals surface area contributed by atoms with Crippen LogP contribution in [0.15, 0.2) is 58.9 Å². The molecule has 0 aliphatic heterocycles. The van der Waals surface area contributed by atoms with E-state index in [-0.39, 0.29) is 18.4 Å². The van der Waals surface area contributed by atoms with Gasteiger partial charge in [0.15, 0.2) is 10.9 Å². The molecule has 2 N–H and O–H groups in total. The molecule has 1 heterocycles. The fraction of sp³-hybridized carbons (Fsp3) is 0.261. The summed E-state index contributed by atoms with van der Waals surface area (Å²) in [6, 6.07) is 17.6. The molecule has 0 unspecified atom stereocenters. The fourth-order valence-corrected chi connectivity index (χ4v) is 4.77. The summed E-state index contributed by atoms with van der Waals surface area (Å²) >= 11 is 2.75. The molecular weight excluding hydrogens is 430 g/mol. The van der Waals surface area contributed by atoms with Crippen molar-refractivity contribution in [2.24, 2.45) is 0 Å². The molecule has 4 rings (SSSR count). The van der Waals surface area contributed by atoms with E-state index in [9.17, 15) is 9.59 Å². The van der Waals surface area contributed by atoms with Gasteiger partial charge in [0, 0.05) is 11.6 Å². The van der Waals surface area contributed by atoms with E-state index in [0.29, 0.717) is 28.2 Å². The molecule has 3 aromatic rings. The van der Waals surface area contributed by atoms with Crippen LogP contribution >= 0.6 is 23.1 Å². The van der Waals surface area contributed by atoms with Crippen LogP contribution in [0.4, 0.5) is 5.00 Å². The lowest BCUT2D eigenvalue weighted by molar-refractivity contribution is -0.119. The molecule has 2 amide bonds. The van der Waals surface area contributed by atoms with Crippen molar-refractivity contribution in [2.75, 3.05) is 17.7 Å². The smallest absolute Gasteiger partial charge is 0.262 e. The Balaban J connectivity index is 1.43. The number of thioether (sulfide) groups is 1. The lowest BCUT2D eigenvalue weighted by Crippen LogP contribution is -2.26. The normalized spacial score (nSPS) is 12.9. The predicted octanol–water partition coefficient (Wildman–Crippen LogP) is 4.51. The van der Waals surface area contributed by atoms with Gasteiger partial charge in [0.2, 0.25) is 5.91 Å². The molecule has 0 atom stereocenters. The zero-order valence-electron chi connectivity index (χ0n) is 17.1. The summed E-state index contributed by atoms with van der Waals surface area (Å²) in [6.07, 6.45) is 2.12. The van der Waals surface area contributed by atoms with Gasteiger partial charge in [-0.2, -0.15) is 0 Å². The Morgan fingerprint density at radius 3 is 2.68 bits per heavy atom. The molecule has 2 aromatic carbocycles. The van der Waals surface area contributed by atoms with Crippen molar-refractivity contribution in [3.8, 4) is 17.0 Å². The van der Waals surface area contributed by atoms with Crippen molar-refractivity contribution in [3.05, 3.63) is 60.2 Å². The number of aryl methyl sites for hydroxylation is 1. The van der Waals surface area contributed by atoms with Crippen LogP contribution in [-0.2, 0) is 9.59 Å². The SMILES string of the molecule is Cc1cccc(OCC(=O)Nc2sc(SCC(=O)NC3CC3)nc2-c2ccccc2)c1. The Hall–Kier alpha value is -2.84. The summed E-state index contributed by atoms with van der Waals surface area (Å²) < 4.78 is 6.34. The molecule has 160 valence electrons. The molecule has 1 aliphatic rings. The summed E-state index contributed by atoms with van der Waals surface area (Å²) in [5.74, 6) is 0.717. The van der Waals surface area contributed by atoms with Gasteiger partial charge < -0.3 is 15.4 Å². The minimum Gasteiger partial charge on any atom is -0.484 e. The minimum absolute atomic E-state index is 0.0149. The van der Waals surface area contributed by atoms with Crippen molar-refractivity contribution in [2.45, 2.75) is 30.1 Å². The molecule has 8 heteroatoms. The topological polar surface area (TPSA) is 80.3 Å². The molecule has 0 spiro atoms. The number of nitrogens with one attached hydrogen (secondary N) is 2. The maximum atomic E-state index is 12.5. The van der Waals surface area contributed by atoms with E-state index in [2.05, 4.69) is 15.6 Å². The molecule has 0 radical (unpaired) electrons. The highest BCUT2D eigenvalue weighted by molar-refractivity contribution is 8.01. The van der Waals surface area contributed by atoms with Gasteiger partial charge in [-0.3, -0.25) is 9.59 Å². The Bertz CT molecular complexity index is 1060. The largest absolute Gasteiger partial charge is 0.484 e. The molecule has 1 saturated carbocycles. The molecule has 1 fully saturated rings. The summed E-state index contributed by atoms with van der Waals surface area (Å²) in [7, 11) is 0. The third-order valence-electron chi connectivity index (χ3n) is 4.54. The molecule has 0 saturated heterocycles. The van der Waals surface area contributed by atoms with E-state index >= 15 is 0 Å². The van der Waals surface area contributed by atoms with E-state index in [1.807, 2.05) is 61.5 Å². The van der Waals surface area contributed by atoms with Crippen molar-refractivity contribution in [1.29, 1.82) is 0 Å². The maximum absolute atomic E-state index is 12.5. The number of hydrogen-bond acceptors (Lipinski definition) is 6. The van der Waals surface area contributed by atoms with Crippen LogP contribution in [0.5, 0.6) is 5.75 Å². The Kier molecular flexibility index (Phi) is 6.89. The van der Waals surface area contributed by atoms with Crippen LogP contribution in [0, 0.1) is 6.92 Å². The summed E-state index contributed by atoms with van der Waals surface area (Å²) in [4.78, 5) is 29.2. The Morgan fingerprint density at radius 1 is 1.13 bits per heavy atom. The second-order valence-corrected chi connectivity index (χ2v) is 9.53. The summed E-state index contributed by atoms with van der Waals surface area (Å²) in [6.45, 7) is 1.88. The van der Waals surface area contributed by atoms with Gasteiger partial charge in [0.1, 0.15) is 16.4 Å². The molecule has 6 nitrogen and oxygen atoms in total. The first-order valence-corrected chi connectivity index (χ1v) is 11.8. The quantitative estimate of drug-likeness (QED) is 0.466. The van der Waals surface area contributed by atoms with Crippen molar-refractivity contribution in [1.82, 2.24) is 10.3 Å². The van der Waals surface area contributed by atoms with Gasteiger partial charge in [0.05, 0.1) is 5.75 Å². The van der Waals surface area contributed by atoms with Crippen LogP contribution in [0.25, 0.3) is 11.3 Å². The van der Waals surface area contributed by atoms with E-state index in [1.54, 1.807) is 0 Å². The number of nitrogens with zero attached hydrogens (tertiary/aromatic N) is 1. The fourth-order valence-electron chi connectivity index (χ4n) is 2.88. The van der Waals surface area contributed by atoms with Crippen molar-refractivity contribution < 1.29 is 14.3 Å². The third kappa shape index (κ3) is 6.32. The van der Waals surface area contributed by atoms with Gasteiger partial charge in [-0.15, -0.1) is 0 Å². The number of amides is 2. The van der Waals surface area contributed by atoms with Crippen LogP contribution in [0.1, 0.15) is 18.4 Å². The molecule has 0 bridgehead atoms. The van der Waals surface area contributed by atoms with Gasteiger partial charge in [-0.1, -0.05) is 65.6 Å². The zero-order valence-corrected chi connectivity index (χ0v) is 18.7.